The minimum Gasteiger partial charge on any atom is -0.462 e. The summed E-state index contributed by atoms with van der Waals surface area (Å²) < 4.78 is 16.9. The number of hydrogen-bond donors (Lipinski definition) is 0. The maximum Gasteiger partial charge on any atom is 0.306 e. The number of esters is 3. The molecule has 1 atom stereocenters. The minimum absolute atomic E-state index is 0.0899. The van der Waals surface area contributed by atoms with E-state index in [1.807, 2.05) is 0 Å². The Morgan fingerprint density at radius 3 is 0.827 bits per heavy atom. The zero-order chi connectivity index (χ0) is 54.3. The standard InChI is InChI=1S/C69H118O6/c1-4-7-10-13-16-19-22-25-28-31-33-34-36-38-41-44-47-50-53-56-59-62-68(71)74-65-66(64-73-67(70)61-58-55-52-49-46-43-40-37-30-27-24-21-18-15-12-9-6-3)75-69(72)63-60-57-54-51-48-45-42-39-35-32-29-26-23-20-17-14-11-8-5-2/h8,11,17,20,22,25-27,29-31,33,35-36,38-39,66H,4-7,9-10,12-16,18-19,21,23-24,28,32,34,37,40-65H2,1-3H3/b11-8-,20-17-,25-22-,29-26-,30-27-,33-31-,38-36-,39-35-. The number of ether oxygens (including phenoxy) is 3. The van der Waals surface area contributed by atoms with Crippen molar-refractivity contribution < 1.29 is 28.6 Å². The van der Waals surface area contributed by atoms with Gasteiger partial charge in [0.1, 0.15) is 13.2 Å². The highest BCUT2D eigenvalue weighted by molar-refractivity contribution is 5.71. The first-order valence-electron chi connectivity index (χ1n) is 31.7. The molecule has 0 amide bonds. The SMILES string of the molecule is CC/C=C\C/C=C\C/C=C\C/C=C\CCCCCCCCC(=O)OC(COC(=O)CCCCCCCC/C=C\C/C=C\C/C=C\CCCCCCC)COC(=O)CCCCCCCCC/C=C\CCCCCCCC. The molecule has 0 fully saturated rings. The van der Waals surface area contributed by atoms with Crippen LogP contribution in [0.15, 0.2) is 97.2 Å². The van der Waals surface area contributed by atoms with Gasteiger partial charge in [-0.3, -0.25) is 14.4 Å². The van der Waals surface area contributed by atoms with Crippen molar-refractivity contribution >= 4 is 17.9 Å². The Bertz CT molecular complexity index is 1480. The van der Waals surface area contributed by atoms with Gasteiger partial charge in [-0.05, 0) is 122 Å². The van der Waals surface area contributed by atoms with Gasteiger partial charge in [0, 0.05) is 19.3 Å². The molecular weight excluding hydrogens is 925 g/mol. The minimum atomic E-state index is -0.795. The quantitative estimate of drug-likeness (QED) is 0.0261. The molecule has 430 valence electrons. The first-order chi connectivity index (χ1) is 37.0. The van der Waals surface area contributed by atoms with E-state index in [9.17, 15) is 14.4 Å². The van der Waals surface area contributed by atoms with E-state index in [4.69, 9.17) is 14.2 Å². The second kappa shape index (κ2) is 62.9. The normalized spacial score (nSPS) is 12.7. The molecular formula is C69H118O6. The fraction of sp³-hybridized carbons (Fsp3) is 0.725. The molecule has 0 saturated heterocycles. The zero-order valence-corrected chi connectivity index (χ0v) is 49.3. The van der Waals surface area contributed by atoms with Crippen molar-refractivity contribution in [1.29, 1.82) is 0 Å². The van der Waals surface area contributed by atoms with Crippen molar-refractivity contribution in [2.75, 3.05) is 13.2 Å². The molecule has 75 heavy (non-hydrogen) atoms. The second-order valence-electron chi connectivity index (χ2n) is 20.9. The Hall–Kier alpha value is -3.67. The van der Waals surface area contributed by atoms with Crippen molar-refractivity contribution in [3.63, 3.8) is 0 Å². The highest BCUT2D eigenvalue weighted by atomic mass is 16.6. The van der Waals surface area contributed by atoms with E-state index in [0.717, 1.165) is 116 Å². The van der Waals surface area contributed by atoms with E-state index >= 15 is 0 Å². The van der Waals surface area contributed by atoms with Crippen LogP contribution in [0.1, 0.15) is 303 Å². The van der Waals surface area contributed by atoms with Crippen LogP contribution < -0.4 is 0 Å². The third-order valence-electron chi connectivity index (χ3n) is 13.5. The van der Waals surface area contributed by atoms with E-state index < -0.39 is 6.10 Å². The number of carbonyl (C=O) groups excluding carboxylic acids is 3. The van der Waals surface area contributed by atoms with E-state index in [0.29, 0.717) is 19.3 Å². The first kappa shape index (κ1) is 71.3. The topological polar surface area (TPSA) is 78.9 Å². The summed E-state index contributed by atoms with van der Waals surface area (Å²) in [6.45, 7) is 6.51. The molecule has 0 N–H and O–H groups in total. The van der Waals surface area contributed by atoms with Crippen molar-refractivity contribution in [3.05, 3.63) is 97.2 Å². The molecule has 6 heteroatoms. The highest BCUT2D eigenvalue weighted by Crippen LogP contribution is 2.15. The van der Waals surface area contributed by atoms with Crippen molar-refractivity contribution in [3.8, 4) is 0 Å². The summed E-state index contributed by atoms with van der Waals surface area (Å²) in [4.78, 5) is 38.3. The maximum atomic E-state index is 12.9. The van der Waals surface area contributed by atoms with Crippen LogP contribution in [0, 0.1) is 0 Å². The van der Waals surface area contributed by atoms with Crippen LogP contribution in [0.4, 0.5) is 0 Å². The van der Waals surface area contributed by atoms with E-state index in [-0.39, 0.29) is 31.1 Å². The van der Waals surface area contributed by atoms with Gasteiger partial charge in [0.15, 0.2) is 6.10 Å². The van der Waals surface area contributed by atoms with E-state index in [1.54, 1.807) is 0 Å². The lowest BCUT2D eigenvalue weighted by Gasteiger charge is -2.18. The van der Waals surface area contributed by atoms with Gasteiger partial charge in [0.25, 0.3) is 0 Å². The van der Waals surface area contributed by atoms with Crippen LogP contribution in [0.25, 0.3) is 0 Å². The van der Waals surface area contributed by atoms with E-state index in [1.165, 1.54) is 148 Å². The van der Waals surface area contributed by atoms with Gasteiger partial charge in [-0.2, -0.15) is 0 Å². The van der Waals surface area contributed by atoms with Crippen LogP contribution in [-0.2, 0) is 28.6 Å². The number of allylic oxidation sites excluding steroid dienone is 16. The number of rotatable bonds is 57. The molecule has 0 heterocycles. The fourth-order valence-electron chi connectivity index (χ4n) is 8.79. The maximum absolute atomic E-state index is 12.9. The number of hydrogen-bond acceptors (Lipinski definition) is 6. The number of unbranched alkanes of at least 4 members (excludes halogenated alkanes) is 30. The summed E-state index contributed by atoms with van der Waals surface area (Å²) in [5, 5.41) is 0. The predicted octanol–water partition coefficient (Wildman–Crippen LogP) is 21.7. The van der Waals surface area contributed by atoms with Crippen LogP contribution in [0.3, 0.4) is 0 Å². The molecule has 0 aliphatic carbocycles. The Labute approximate surface area is 464 Å². The van der Waals surface area contributed by atoms with E-state index in [2.05, 4.69) is 118 Å². The largest absolute Gasteiger partial charge is 0.462 e. The third-order valence-corrected chi connectivity index (χ3v) is 13.5. The zero-order valence-electron chi connectivity index (χ0n) is 49.3. The van der Waals surface area contributed by atoms with Gasteiger partial charge in [-0.1, -0.05) is 259 Å². The second-order valence-corrected chi connectivity index (χ2v) is 20.9. The van der Waals surface area contributed by atoms with Gasteiger partial charge in [-0.15, -0.1) is 0 Å². The average Bonchev–Trinajstić information content (AvgIpc) is 3.41. The lowest BCUT2D eigenvalue weighted by atomic mass is 10.1. The van der Waals surface area contributed by atoms with Gasteiger partial charge in [0.2, 0.25) is 0 Å². The summed E-state index contributed by atoms with van der Waals surface area (Å²) in [5.41, 5.74) is 0. The molecule has 0 aromatic rings. The summed E-state index contributed by atoms with van der Waals surface area (Å²) >= 11 is 0. The molecule has 0 aliphatic rings. The molecule has 0 bridgehead atoms. The third kappa shape index (κ3) is 61.1. The molecule has 0 saturated carbocycles. The first-order valence-corrected chi connectivity index (χ1v) is 31.7. The summed E-state index contributed by atoms with van der Waals surface area (Å²) in [7, 11) is 0. The summed E-state index contributed by atoms with van der Waals surface area (Å²) in [5.74, 6) is -0.912. The molecule has 1 unspecified atom stereocenters. The summed E-state index contributed by atoms with van der Waals surface area (Å²) in [6, 6.07) is 0. The lowest BCUT2D eigenvalue weighted by molar-refractivity contribution is -0.167. The van der Waals surface area contributed by atoms with Crippen LogP contribution in [0.5, 0.6) is 0 Å². The Morgan fingerprint density at radius 2 is 0.520 bits per heavy atom. The molecule has 6 nitrogen and oxygen atoms in total. The van der Waals surface area contributed by atoms with Gasteiger partial charge in [0.05, 0.1) is 0 Å². The van der Waals surface area contributed by atoms with Crippen LogP contribution in [0.2, 0.25) is 0 Å². The fourth-order valence-corrected chi connectivity index (χ4v) is 8.79. The highest BCUT2D eigenvalue weighted by Gasteiger charge is 2.19. The molecule has 0 radical (unpaired) electrons. The molecule has 0 spiro atoms. The molecule has 0 rings (SSSR count). The average molecular weight is 1040 g/mol. The molecule has 0 aliphatic heterocycles. The Kier molecular flexibility index (Phi) is 59.8. The van der Waals surface area contributed by atoms with Crippen molar-refractivity contribution in [1.82, 2.24) is 0 Å². The van der Waals surface area contributed by atoms with Crippen LogP contribution >= 0.6 is 0 Å². The lowest BCUT2D eigenvalue weighted by Crippen LogP contribution is -2.30. The van der Waals surface area contributed by atoms with Gasteiger partial charge >= 0.3 is 17.9 Å². The smallest absolute Gasteiger partial charge is 0.306 e. The van der Waals surface area contributed by atoms with Gasteiger partial charge < -0.3 is 14.2 Å². The van der Waals surface area contributed by atoms with Crippen molar-refractivity contribution in [2.24, 2.45) is 0 Å². The Balaban J connectivity index is 4.44. The molecule has 0 aromatic heterocycles. The van der Waals surface area contributed by atoms with Gasteiger partial charge in [-0.25, -0.2) is 0 Å². The molecule has 0 aromatic carbocycles. The Morgan fingerprint density at radius 1 is 0.280 bits per heavy atom. The summed E-state index contributed by atoms with van der Waals surface area (Å²) in [6.07, 6.45) is 84.0. The predicted molar refractivity (Wildman–Crippen MR) is 325 cm³/mol. The van der Waals surface area contributed by atoms with Crippen LogP contribution in [-0.4, -0.2) is 37.2 Å². The number of carbonyl (C=O) groups is 3. The van der Waals surface area contributed by atoms with Crippen molar-refractivity contribution in [2.45, 2.75) is 309 Å². The monoisotopic (exact) mass is 1040 g/mol.